The third-order valence-electron chi connectivity index (χ3n) is 3.10. The second-order valence-electron chi connectivity index (χ2n) is 6.36. The molecular formula is C16H20N2O2Si. The minimum absolute atomic E-state index is 0.134. The number of benzene rings is 1. The van der Waals surface area contributed by atoms with Crippen molar-refractivity contribution in [3.05, 3.63) is 34.9 Å². The molecule has 1 aliphatic heterocycles. The predicted octanol–water partition coefficient (Wildman–Crippen LogP) is 2.28. The Balaban J connectivity index is 2.14. The molecule has 5 heteroatoms. The van der Waals surface area contributed by atoms with Gasteiger partial charge >= 0.3 is 6.03 Å². The van der Waals surface area contributed by atoms with Gasteiger partial charge in [-0.15, -0.1) is 5.54 Å². The van der Waals surface area contributed by atoms with Crippen LogP contribution in [0.15, 0.2) is 18.2 Å². The van der Waals surface area contributed by atoms with E-state index in [1.165, 1.54) is 4.90 Å². The Morgan fingerprint density at radius 2 is 2.00 bits per heavy atom. The number of carbonyl (C=O) groups is 2. The molecule has 0 bridgehead atoms. The monoisotopic (exact) mass is 300 g/mol. The lowest BCUT2D eigenvalue weighted by Crippen LogP contribution is -2.27. The summed E-state index contributed by atoms with van der Waals surface area (Å²) in [4.78, 5) is 24.2. The van der Waals surface area contributed by atoms with E-state index in [2.05, 4.69) is 36.4 Å². The highest BCUT2D eigenvalue weighted by atomic mass is 28.3. The average Bonchev–Trinajstić information content (AvgIpc) is 2.65. The zero-order chi connectivity index (χ0) is 15.6. The third kappa shape index (κ3) is 4.20. The number of carbonyl (C=O) groups excluding carboxylic acids is 2. The van der Waals surface area contributed by atoms with Crippen molar-refractivity contribution in [3.8, 4) is 11.5 Å². The van der Waals surface area contributed by atoms with E-state index in [-0.39, 0.29) is 18.5 Å². The van der Waals surface area contributed by atoms with Gasteiger partial charge in [0.15, 0.2) is 0 Å². The van der Waals surface area contributed by atoms with E-state index in [0.717, 1.165) is 16.7 Å². The zero-order valence-electron chi connectivity index (χ0n) is 12.9. The Kier molecular flexibility index (Phi) is 4.19. The Morgan fingerprint density at radius 1 is 1.29 bits per heavy atom. The van der Waals surface area contributed by atoms with Crippen molar-refractivity contribution in [3.63, 3.8) is 0 Å². The molecule has 110 valence electrons. The van der Waals surface area contributed by atoms with Crippen LogP contribution in [-0.2, 0) is 11.3 Å². The van der Waals surface area contributed by atoms with Crippen molar-refractivity contribution in [2.75, 3.05) is 6.54 Å². The summed E-state index contributed by atoms with van der Waals surface area (Å²) in [6, 6.07) is 5.68. The lowest BCUT2D eigenvalue weighted by molar-refractivity contribution is -0.118. The molecule has 1 N–H and O–H groups in total. The van der Waals surface area contributed by atoms with Crippen LogP contribution in [0, 0.1) is 18.4 Å². The van der Waals surface area contributed by atoms with Crippen LogP contribution in [-0.4, -0.2) is 31.5 Å². The van der Waals surface area contributed by atoms with Crippen molar-refractivity contribution in [2.24, 2.45) is 0 Å². The van der Waals surface area contributed by atoms with E-state index in [1.54, 1.807) is 0 Å². The molecule has 1 aromatic rings. The van der Waals surface area contributed by atoms with E-state index in [1.807, 2.05) is 25.1 Å². The van der Waals surface area contributed by atoms with E-state index in [4.69, 9.17) is 0 Å². The fraction of sp³-hybridized carbons (Fsp3) is 0.375. The van der Waals surface area contributed by atoms with Gasteiger partial charge in [0.25, 0.3) is 0 Å². The summed E-state index contributed by atoms with van der Waals surface area (Å²) >= 11 is 0. The van der Waals surface area contributed by atoms with Crippen molar-refractivity contribution in [1.29, 1.82) is 0 Å². The molecule has 0 radical (unpaired) electrons. The maximum atomic E-state index is 11.5. The van der Waals surface area contributed by atoms with Gasteiger partial charge in [0.1, 0.15) is 14.6 Å². The van der Waals surface area contributed by atoms with Gasteiger partial charge in [-0.2, -0.15) is 0 Å². The summed E-state index contributed by atoms with van der Waals surface area (Å²) in [5.41, 5.74) is 6.50. The van der Waals surface area contributed by atoms with Gasteiger partial charge in [-0.25, -0.2) is 4.79 Å². The summed E-state index contributed by atoms with van der Waals surface area (Å²) in [6.07, 6.45) is 0. The summed E-state index contributed by atoms with van der Waals surface area (Å²) in [7, 11) is -1.38. The average molecular weight is 300 g/mol. The minimum atomic E-state index is -1.38. The molecule has 1 aliphatic rings. The number of hydrogen-bond donors (Lipinski definition) is 1. The molecule has 0 atom stereocenters. The Labute approximate surface area is 126 Å². The van der Waals surface area contributed by atoms with Crippen molar-refractivity contribution < 1.29 is 9.59 Å². The van der Waals surface area contributed by atoms with Gasteiger partial charge in [-0.1, -0.05) is 37.7 Å². The normalized spacial score (nSPS) is 14.8. The van der Waals surface area contributed by atoms with Gasteiger partial charge in [-0.05, 0) is 24.1 Å². The highest BCUT2D eigenvalue weighted by Gasteiger charge is 2.26. The molecule has 1 saturated heterocycles. The zero-order valence-corrected chi connectivity index (χ0v) is 13.9. The predicted molar refractivity (Wildman–Crippen MR) is 85.4 cm³/mol. The standard InChI is InChI=1S/C16H20N2O2Si/c1-12-9-13(10-18-11-15(19)17-16(18)20)5-6-14(12)7-8-21(2,3)4/h5-6,9H,10-11H2,1-4H3,(H,17,19,20). The van der Waals surface area contributed by atoms with Crippen LogP contribution in [0.5, 0.6) is 0 Å². The van der Waals surface area contributed by atoms with Crippen LogP contribution in [0.2, 0.25) is 19.6 Å². The maximum Gasteiger partial charge on any atom is 0.324 e. The molecule has 21 heavy (non-hydrogen) atoms. The fourth-order valence-corrected chi connectivity index (χ4v) is 2.56. The number of rotatable bonds is 2. The molecule has 0 saturated carbocycles. The van der Waals surface area contributed by atoms with E-state index in [0.29, 0.717) is 6.54 Å². The molecule has 0 unspecified atom stereocenters. The molecule has 4 nitrogen and oxygen atoms in total. The van der Waals surface area contributed by atoms with E-state index < -0.39 is 8.07 Å². The third-order valence-corrected chi connectivity index (χ3v) is 3.98. The SMILES string of the molecule is Cc1cc(CN2CC(=O)NC2=O)ccc1C#C[Si](C)(C)C. The van der Waals surface area contributed by atoms with E-state index in [9.17, 15) is 9.59 Å². The van der Waals surface area contributed by atoms with Crippen molar-refractivity contribution in [2.45, 2.75) is 33.1 Å². The number of amides is 3. The van der Waals surface area contributed by atoms with Gasteiger partial charge < -0.3 is 4.90 Å². The second-order valence-corrected chi connectivity index (χ2v) is 11.1. The number of urea groups is 1. The number of hydrogen-bond acceptors (Lipinski definition) is 2. The van der Waals surface area contributed by atoms with Crippen molar-refractivity contribution >= 4 is 20.0 Å². The molecule has 0 spiro atoms. The first-order valence-corrected chi connectivity index (χ1v) is 10.5. The van der Waals surface area contributed by atoms with Gasteiger partial charge in [0.2, 0.25) is 5.91 Å². The minimum Gasteiger partial charge on any atom is -0.311 e. The lowest BCUT2D eigenvalue weighted by Gasteiger charge is -2.14. The van der Waals surface area contributed by atoms with Crippen LogP contribution in [0.3, 0.4) is 0 Å². The molecular weight excluding hydrogens is 280 g/mol. The molecule has 1 fully saturated rings. The maximum absolute atomic E-state index is 11.5. The van der Waals surface area contributed by atoms with Gasteiger partial charge in [-0.3, -0.25) is 10.1 Å². The number of imide groups is 1. The molecule has 2 rings (SSSR count). The first-order valence-electron chi connectivity index (χ1n) is 6.96. The quantitative estimate of drug-likeness (QED) is 0.517. The topological polar surface area (TPSA) is 49.4 Å². The highest BCUT2D eigenvalue weighted by molar-refractivity contribution is 6.83. The van der Waals surface area contributed by atoms with Crippen LogP contribution in [0.25, 0.3) is 0 Å². The van der Waals surface area contributed by atoms with Crippen LogP contribution in [0.4, 0.5) is 4.79 Å². The fourth-order valence-electron chi connectivity index (χ4n) is 2.05. The van der Waals surface area contributed by atoms with Crippen LogP contribution >= 0.6 is 0 Å². The first kappa shape index (κ1) is 15.3. The molecule has 1 heterocycles. The smallest absolute Gasteiger partial charge is 0.311 e. The Morgan fingerprint density at radius 3 is 2.52 bits per heavy atom. The second kappa shape index (κ2) is 5.74. The Bertz CT molecular complexity index is 650. The highest BCUT2D eigenvalue weighted by Crippen LogP contribution is 2.14. The summed E-state index contributed by atoms with van der Waals surface area (Å²) in [5, 5.41) is 2.28. The molecule has 0 aromatic heterocycles. The molecule has 3 amide bonds. The van der Waals surface area contributed by atoms with Gasteiger partial charge in [0.05, 0.1) is 0 Å². The molecule has 0 aliphatic carbocycles. The largest absolute Gasteiger partial charge is 0.324 e. The van der Waals surface area contributed by atoms with Crippen LogP contribution in [0.1, 0.15) is 16.7 Å². The number of nitrogens with one attached hydrogen (secondary N) is 1. The number of aryl methyl sites for hydroxylation is 1. The van der Waals surface area contributed by atoms with Crippen LogP contribution < -0.4 is 5.32 Å². The summed E-state index contributed by atoms with van der Waals surface area (Å²) in [5.74, 6) is 3.01. The van der Waals surface area contributed by atoms with E-state index >= 15 is 0 Å². The summed E-state index contributed by atoms with van der Waals surface area (Å²) in [6.45, 7) is 9.24. The van der Waals surface area contributed by atoms with Gasteiger partial charge in [0, 0.05) is 12.1 Å². The summed E-state index contributed by atoms with van der Waals surface area (Å²) < 4.78 is 0. The first-order chi connectivity index (χ1) is 9.74. The lowest BCUT2D eigenvalue weighted by atomic mass is 10.1. The number of nitrogens with zero attached hydrogens (tertiary/aromatic N) is 1. The Hall–Kier alpha value is -2.06. The molecule has 1 aromatic carbocycles. The van der Waals surface area contributed by atoms with Crippen molar-refractivity contribution in [1.82, 2.24) is 10.2 Å².